The number of pyridine rings is 1. The van der Waals surface area contributed by atoms with Crippen LogP contribution in [0.15, 0.2) is 24.4 Å². The molecule has 0 spiro atoms. The first-order valence-corrected chi connectivity index (χ1v) is 19.1. The van der Waals surface area contributed by atoms with Crippen LogP contribution < -0.4 is 5.32 Å². The average molecular weight is 537 g/mol. The van der Waals surface area contributed by atoms with Gasteiger partial charge in [-0.15, -0.1) is 0 Å². The third-order valence-electron chi connectivity index (χ3n) is 8.42. The Balaban J connectivity index is 2.22. The lowest BCUT2D eigenvalue weighted by atomic mass is 9.75. The number of β-lactam (4-membered cyclic amide) rings is 1. The number of hydrogen-bond donors (Lipinski definition) is 1. The molecule has 4 atom stereocenters. The van der Waals surface area contributed by atoms with Gasteiger partial charge in [0.1, 0.15) is 0 Å². The van der Waals surface area contributed by atoms with E-state index in [1.54, 1.807) is 6.20 Å². The number of aromatic nitrogens is 1. The van der Waals surface area contributed by atoms with Crippen LogP contribution in [-0.2, 0) is 20.1 Å². The number of amides is 1. The van der Waals surface area contributed by atoms with Gasteiger partial charge in [0.25, 0.3) is 0 Å². The van der Waals surface area contributed by atoms with Gasteiger partial charge in [-0.2, -0.15) is 0 Å². The van der Waals surface area contributed by atoms with E-state index in [1.807, 2.05) is 18.2 Å². The first-order chi connectivity index (χ1) is 15.9. The molecule has 2 heterocycles. The summed E-state index contributed by atoms with van der Waals surface area (Å²) in [5.74, 6) is -0.106. The number of nitrogens with one attached hydrogen (secondary N) is 1. The number of nitrogens with zero attached hydrogens (tertiary/aromatic N) is 1. The first-order valence-electron chi connectivity index (χ1n) is 12.9. The van der Waals surface area contributed by atoms with Crippen LogP contribution in [0.3, 0.4) is 0 Å². The summed E-state index contributed by atoms with van der Waals surface area (Å²) in [7, 11) is -3.88. The van der Waals surface area contributed by atoms with Crippen molar-refractivity contribution in [2.45, 2.75) is 110 Å². The van der Waals surface area contributed by atoms with Gasteiger partial charge in [0.2, 0.25) is 5.91 Å². The molecule has 0 saturated carbocycles. The van der Waals surface area contributed by atoms with Crippen molar-refractivity contribution in [1.29, 1.82) is 0 Å². The number of carbonyl (C=O) groups excluding carboxylic acids is 1. The van der Waals surface area contributed by atoms with E-state index in [0.29, 0.717) is 13.0 Å². The van der Waals surface area contributed by atoms with Crippen molar-refractivity contribution >= 4 is 39.6 Å². The lowest BCUT2D eigenvalue weighted by Gasteiger charge is -2.48. The summed E-state index contributed by atoms with van der Waals surface area (Å²) in [6.45, 7) is 25.2. The van der Waals surface area contributed by atoms with Crippen LogP contribution in [0, 0.1) is 11.8 Å². The minimum absolute atomic E-state index is 0.0324. The molecule has 1 fully saturated rings. The van der Waals surface area contributed by atoms with E-state index in [2.05, 4.69) is 85.0 Å². The zero-order chi connectivity index (χ0) is 26.8. The summed E-state index contributed by atoms with van der Waals surface area (Å²) in [5, 5.41) is 3.42. The zero-order valence-electron chi connectivity index (χ0n) is 23.8. The molecule has 1 amide bonds. The van der Waals surface area contributed by atoms with Crippen LogP contribution in [0.5, 0.6) is 0 Å². The number of thiocarbonyl (C=S) groups is 1. The maximum Gasteiger partial charge on any atom is 0.228 e. The molecule has 1 aromatic heterocycles. The fraction of sp³-hybridized carbons (Fsp3) is 0.741. The largest absolute Gasteiger partial charge is 0.417 e. The van der Waals surface area contributed by atoms with Gasteiger partial charge in [0.05, 0.1) is 18.1 Å². The van der Waals surface area contributed by atoms with Crippen molar-refractivity contribution < 1.29 is 13.6 Å². The molecular weight excluding hydrogens is 489 g/mol. The summed E-state index contributed by atoms with van der Waals surface area (Å²) in [5.41, 5.74) is 0.959. The Bertz CT molecular complexity index is 879. The number of rotatable bonds is 11. The van der Waals surface area contributed by atoms with E-state index in [9.17, 15) is 4.79 Å². The SMILES string of the molecule is C[C@@H](O[Si](C)(C)C(C)(C)C)[C@H]1C(=O)N[C@@H]1[C@@H](CCO[Si](C)(C)C(C)(C)C)C(=S)Cc1ccccn1. The molecular formula is C27H48N2O3SSi2. The van der Waals surface area contributed by atoms with Crippen molar-refractivity contribution in [2.75, 3.05) is 6.61 Å². The molecule has 2 rings (SSSR count). The first kappa shape index (κ1) is 30.3. The van der Waals surface area contributed by atoms with E-state index in [4.69, 9.17) is 21.1 Å². The van der Waals surface area contributed by atoms with Crippen molar-refractivity contribution in [3.63, 3.8) is 0 Å². The normalized spacial score (nSPS) is 21.2. The van der Waals surface area contributed by atoms with Crippen LogP contribution in [0.25, 0.3) is 0 Å². The van der Waals surface area contributed by atoms with E-state index >= 15 is 0 Å². The number of carbonyl (C=O) groups is 1. The Kier molecular flexibility index (Phi) is 9.70. The van der Waals surface area contributed by atoms with Crippen molar-refractivity contribution in [2.24, 2.45) is 11.8 Å². The zero-order valence-corrected chi connectivity index (χ0v) is 26.6. The van der Waals surface area contributed by atoms with Gasteiger partial charge in [-0.1, -0.05) is 59.8 Å². The molecule has 1 N–H and O–H groups in total. The van der Waals surface area contributed by atoms with Crippen molar-refractivity contribution in [3.8, 4) is 0 Å². The van der Waals surface area contributed by atoms with Crippen LogP contribution in [0.2, 0.25) is 36.3 Å². The summed E-state index contributed by atoms with van der Waals surface area (Å²) < 4.78 is 13.2. The lowest BCUT2D eigenvalue weighted by Crippen LogP contribution is -2.67. The highest BCUT2D eigenvalue weighted by atomic mass is 32.1. The summed E-state index contributed by atoms with van der Waals surface area (Å²) in [6.07, 6.45) is 3.05. The maximum atomic E-state index is 12.8. The van der Waals surface area contributed by atoms with Gasteiger partial charge in [0.15, 0.2) is 16.6 Å². The second kappa shape index (κ2) is 11.2. The smallest absolute Gasteiger partial charge is 0.228 e. The molecule has 8 heteroatoms. The Hall–Kier alpha value is -0.936. The lowest BCUT2D eigenvalue weighted by molar-refractivity contribution is -0.141. The highest BCUT2D eigenvalue weighted by Gasteiger charge is 2.50. The van der Waals surface area contributed by atoms with Crippen LogP contribution in [0.4, 0.5) is 0 Å². The summed E-state index contributed by atoms with van der Waals surface area (Å²) >= 11 is 5.99. The Labute approximate surface area is 221 Å². The molecule has 0 radical (unpaired) electrons. The third-order valence-corrected chi connectivity index (χ3v) is 18.0. The highest BCUT2D eigenvalue weighted by Crippen LogP contribution is 2.41. The predicted molar refractivity (Wildman–Crippen MR) is 155 cm³/mol. The summed E-state index contributed by atoms with van der Waals surface area (Å²) in [4.78, 5) is 18.2. The minimum atomic E-state index is -2.01. The monoisotopic (exact) mass is 536 g/mol. The quantitative estimate of drug-likeness (QED) is 0.197. The molecule has 1 saturated heterocycles. The van der Waals surface area contributed by atoms with E-state index in [-0.39, 0.29) is 40.0 Å². The molecule has 1 aliphatic rings. The average Bonchev–Trinajstić information content (AvgIpc) is 2.68. The summed E-state index contributed by atoms with van der Waals surface area (Å²) in [6, 6.07) is 5.87. The maximum absolute atomic E-state index is 12.8. The molecule has 198 valence electrons. The Morgan fingerprint density at radius 2 is 1.69 bits per heavy atom. The second-order valence-electron chi connectivity index (χ2n) is 13.1. The second-order valence-corrected chi connectivity index (χ2v) is 23.2. The Morgan fingerprint density at radius 3 is 2.17 bits per heavy atom. The van der Waals surface area contributed by atoms with Gasteiger partial charge in [0, 0.05) is 35.7 Å². The predicted octanol–water partition coefficient (Wildman–Crippen LogP) is 6.55. The van der Waals surface area contributed by atoms with E-state index in [1.165, 1.54) is 0 Å². The minimum Gasteiger partial charge on any atom is -0.417 e. The van der Waals surface area contributed by atoms with Crippen LogP contribution in [0.1, 0.15) is 60.6 Å². The molecule has 1 aromatic rings. The molecule has 0 aliphatic carbocycles. The van der Waals surface area contributed by atoms with E-state index < -0.39 is 16.6 Å². The van der Waals surface area contributed by atoms with Crippen molar-refractivity contribution in [1.82, 2.24) is 10.3 Å². The van der Waals surface area contributed by atoms with Gasteiger partial charge in [-0.3, -0.25) is 9.78 Å². The molecule has 0 aromatic carbocycles. The van der Waals surface area contributed by atoms with Crippen LogP contribution in [-0.4, -0.2) is 51.1 Å². The molecule has 5 nitrogen and oxygen atoms in total. The molecule has 0 unspecified atom stereocenters. The topological polar surface area (TPSA) is 60.5 Å². The van der Waals surface area contributed by atoms with Gasteiger partial charge < -0.3 is 14.2 Å². The number of hydrogen-bond acceptors (Lipinski definition) is 5. The van der Waals surface area contributed by atoms with Crippen LogP contribution >= 0.6 is 12.2 Å². The standard InChI is InChI=1S/C27H48N2O3SSi2/c1-19(32-35(10,11)27(5,6)7)23-24(29-25(23)30)21(15-17-31-34(8,9)26(2,3)4)22(33)18-20-14-12-13-16-28-20/h12-14,16,19,21,23-24H,15,17-18H2,1-11H3,(H,29,30)/t19-,21+,23-,24-/m1/s1. The van der Waals surface area contributed by atoms with Gasteiger partial charge in [-0.25, -0.2) is 0 Å². The van der Waals surface area contributed by atoms with E-state index in [0.717, 1.165) is 17.0 Å². The molecule has 0 bridgehead atoms. The fourth-order valence-corrected chi connectivity index (χ4v) is 6.90. The molecule has 35 heavy (non-hydrogen) atoms. The molecule has 1 aliphatic heterocycles. The third kappa shape index (κ3) is 7.54. The van der Waals surface area contributed by atoms with Crippen molar-refractivity contribution in [3.05, 3.63) is 30.1 Å². The highest BCUT2D eigenvalue weighted by molar-refractivity contribution is 7.80. The Morgan fingerprint density at radius 1 is 1.09 bits per heavy atom. The fourth-order valence-electron chi connectivity index (χ4n) is 4.00. The van der Waals surface area contributed by atoms with Gasteiger partial charge >= 0.3 is 0 Å². The van der Waals surface area contributed by atoms with Gasteiger partial charge in [-0.05, 0) is 61.7 Å².